The number of nitrogens with zero attached hydrogens (tertiary/aromatic N) is 1. The second-order valence-electron chi connectivity index (χ2n) is 6.10. The van der Waals surface area contributed by atoms with Crippen molar-refractivity contribution in [2.75, 3.05) is 13.2 Å². The van der Waals surface area contributed by atoms with Crippen LogP contribution in [0.5, 0.6) is 0 Å². The van der Waals surface area contributed by atoms with Crippen molar-refractivity contribution in [2.45, 2.75) is 33.6 Å². The summed E-state index contributed by atoms with van der Waals surface area (Å²) in [7, 11) is 1.67. The number of rotatable bonds is 8. The van der Waals surface area contributed by atoms with E-state index in [1.54, 1.807) is 49.7 Å². The maximum atomic E-state index is 13.2. The van der Waals surface area contributed by atoms with E-state index >= 15 is 0 Å². The summed E-state index contributed by atoms with van der Waals surface area (Å²) in [6.45, 7) is 5.69. The number of carbonyl (C=O) groups is 3. The molecule has 0 atom stereocenters. The van der Waals surface area contributed by atoms with Gasteiger partial charge in [-0.15, -0.1) is 0 Å². The topological polar surface area (TPSA) is 74.6 Å². The van der Waals surface area contributed by atoms with Crippen LogP contribution in [-0.2, 0) is 34.2 Å². The summed E-state index contributed by atoms with van der Waals surface area (Å²) in [6, 6.07) is 6.53. The van der Waals surface area contributed by atoms with Crippen molar-refractivity contribution in [3.05, 3.63) is 57.4 Å². The molecule has 0 aliphatic carbocycles. The monoisotopic (exact) mass is 405 g/mol. The predicted molar refractivity (Wildman–Crippen MR) is 106 cm³/mol. The Labute approximate surface area is 169 Å². The van der Waals surface area contributed by atoms with Crippen LogP contribution < -0.4 is 0 Å². The number of hydrogen-bond acceptors (Lipinski definition) is 5. The Hall–Kier alpha value is -2.60. The van der Waals surface area contributed by atoms with Crippen molar-refractivity contribution in [3.8, 4) is 0 Å². The molecule has 2 rings (SSSR count). The quantitative estimate of drug-likeness (QED) is 0.494. The predicted octanol–water partition coefficient (Wildman–Crippen LogP) is 3.75. The average molecular weight is 406 g/mol. The molecule has 150 valence electrons. The van der Waals surface area contributed by atoms with Crippen LogP contribution in [0.3, 0.4) is 0 Å². The lowest BCUT2D eigenvalue weighted by atomic mass is 10.00. The van der Waals surface area contributed by atoms with E-state index in [0.717, 1.165) is 0 Å². The van der Waals surface area contributed by atoms with Gasteiger partial charge in [0.1, 0.15) is 0 Å². The first kappa shape index (κ1) is 21.7. The maximum Gasteiger partial charge on any atom is 0.340 e. The number of halogens is 1. The third-order valence-electron chi connectivity index (χ3n) is 4.39. The van der Waals surface area contributed by atoms with Crippen molar-refractivity contribution in [1.82, 2.24) is 4.57 Å². The van der Waals surface area contributed by atoms with Gasteiger partial charge in [-0.3, -0.25) is 9.59 Å². The van der Waals surface area contributed by atoms with Crippen molar-refractivity contribution < 1.29 is 23.9 Å². The molecule has 7 heteroatoms. The number of aromatic nitrogens is 1. The SMILES string of the molecule is CCOC(=O)Cc1c(C(=O)OCC)c(CC)c(C(=O)c2ccc(Cl)cc2)n1C. The summed E-state index contributed by atoms with van der Waals surface area (Å²) in [5.74, 6) is -1.28. The van der Waals surface area contributed by atoms with Crippen LogP contribution in [0.25, 0.3) is 0 Å². The highest BCUT2D eigenvalue weighted by molar-refractivity contribution is 6.30. The summed E-state index contributed by atoms with van der Waals surface area (Å²) in [5.41, 5.74) is 2.02. The molecule has 1 heterocycles. The summed E-state index contributed by atoms with van der Waals surface area (Å²) in [6.07, 6.45) is 0.304. The summed E-state index contributed by atoms with van der Waals surface area (Å²) in [5, 5.41) is 0.523. The number of ketones is 1. The fourth-order valence-corrected chi connectivity index (χ4v) is 3.30. The van der Waals surface area contributed by atoms with Gasteiger partial charge in [-0.25, -0.2) is 4.79 Å². The van der Waals surface area contributed by atoms with Crippen LogP contribution in [0.4, 0.5) is 0 Å². The van der Waals surface area contributed by atoms with E-state index in [0.29, 0.717) is 34.0 Å². The molecule has 0 radical (unpaired) electrons. The number of esters is 2. The van der Waals surface area contributed by atoms with Gasteiger partial charge in [-0.1, -0.05) is 18.5 Å². The standard InChI is InChI=1S/C21H24ClNO5/c1-5-15-18(21(26)28-7-3)16(12-17(24)27-6-2)23(4)19(15)20(25)13-8-10-14(22)11-9-13/h8-11H,5-7,12H2,1-4H3. The van der Waals surface area contributed by atoms with Crippen molar-refractivity contribution in [3.63, 3.8) is 0 Å². The molecule has 0 bridgehead atoms. The minimum Gasteiger partial charge on any atom is -0.466 e. The molecule has 1 aromatic heterocycles. The molecule has 2 aromatic rings. The summed E-state index contributed by atoms with van der Waals surface area (Å²) >= 11 is 5.92. The first-order valence-electron chi connectivity index (χ1n) is 9.18. The Morgan fingerprint density at radius 3 is 2.14 bits per heavy atom. The lowest BCUT2D eigenvalue weighted by Gasteiger charge is -2.09. The van der Waals surface area contributed by atoms with E-state index < -0.39 is 11.9 Å². The average Bonchev–Trinajstić information content (AvgIpc) is 2.94. The minimum absolute atomic E-state index is 0.126. The van der Waals surface area contributed by atoms with Gasteiger partial charge in [0.15, 0.2) is 0 Å². The number of ether oxygens (including phenoxy) is 2. The van der Waals surface area contributed by atoms with Crippen LogP contribution in [-0.4, -0.2) is 35.5 Å². The first-order chi connectivity index (χ1) is 13.3. The van der Waals surface area contributed by atoms with Crippen molar-refractivity contribution in [1.29, 1.82) is 0 Å². The molecule has 0 aliphatic heterocycles. The Morgan fingerprint density at radius 1 is 1.00 bits per heavy atom. The Kier molecular flexibility index (Phi) is 7.40. The van der Waals surface area contributed by atoms with Gasteiger partial charge in [-0.05, 0) is 50.1 Å². The zero-order valence-electron chi connectivity index (χ0n) is 16.5. The largest absolute Gasteiger partial charge is 0.466 e. The highest BCUT2D eigenvalue weighted by Crippen LogP contribution is 2.27. The molecule has 0 spiro atoms. The molecule has 0 unspecified atom stereocenters. The molecule has 0 amide bonds. The molecule has 0 saturated carbocycles. The normalized spacial score (nSPS) is 10.6. The van der Waals surface area contributed by atoms with Crippen molar-refractivity contribution in [2.24, 2.45) is 7.05 Å². The van der Waals surface area contributed by atoms with Gasteiger partial charge < -0.3 is 14.0 Å². The van der Waals surface area contributed by atoms with E-state index in [1.807, 2.05) is 6.92 Å². The molecule has 0 aliphatic rings. The number of hydrogen-bond donors (Lipinski definition) is 0. The molecule has 0 fully saturated rings. The van der Waals surface area contributed by atoms with Gasteiger partial charge >= 0.3 is 11.9 Å². The summed E-state index contributed by atoms with van der Waals surface area (Å²) < 4.78 is 11.8. The zero-order chi connectivity index (χ0) is 20.8. The fraction of sp³-hybridized carbons (Fsp3) is 0.381. The van der Waals surface area contributed by atoms with Crippen LogP contribution in [0.2, 0.25) is 5.02 Å². The Bertz CT molecular complexity index is 883. The second kappa shape index (κ2) is 9.55. The van der Waals surface area contributed by atoms with E-state index in [4.69, 9.17) is 21.1 Å². The molecule has 0 saturated heterocycles. The van der Waals surface area contributed by atoms with E-state index in [-0.39, 0.29) is 31.0 Å². The summed E-state index contributed by atoms with van der Waals surface area (Å²) in [4.78, 5) is 37.9. The highest BCUT2D eigenvalue weighted by atomic mass is 35.5. The molecular weight excluding hydrogens is 382 g/mol. The number of benzene rings is 1. The lowest BCUT2D eigenvalue weighted by molar-refractivity contribution is -0.142. The molecular formula is C21H24ClNO5. The van der Waals surface area contributed by atoms with Crippen LogP contribution in [0, 0.1) is 0 Å². The molecule has 6 nitrogen and oxygen atoms in total. The third-order valence-corrected chi connectivity index (χ3v) is 4.64. The van der Waals surface area contributed by atoms with Gasteiger partial charge in [0.2, 0.25) is 5.78 Å². The fourth-order valence-electron chi connectivity index (χ4n) is 3.17. The van der Waals surface area contributed by atoms with Gasteiger partial charge in [0, 0.05) is 23.3 Å². The van der Waals surface area contributed by atoms with Gasteiger partial charge in [0.25, 0.3) is 0 Å². The van der Waals surface area contributed by atoms with Gasteiger partial charge in [0.05, 0.1) is 30.9 Å². The highest BCUT2D eigenvalue weighted by Gasteiger charge is 2.30. The van der Waals surface area contributed by atoms with Crippen LogP contribution >= 0.6 is 11.6 Å². The van der Waals surface area contributed by atoms with E-state index in [2.05, 4.69) is 0 Å². The lowest BCUT2D eigenvalue weighted by Crippen LogP contribution is -2.16. The second-order valence-corrected chi connectivity index (χ2v) is 6.54. The minimum atomic E-state index is -0.551. The first-order valence-corrected chi connectivity index (χ1v) is 9.56. The molecule has 28 heavy (non-hydrogen) atoms. The third kappa shape index (κ3) is 4.44. The zero-order valence-corrected chi connectivity index (χ0v) is 17.3. The number of carbonyl (C=O) groups excluding carboxylic acids is 3. The van der Waals surface area contributed by atoms with Crippen LogP contribution in [0.1, 0.15) is 58.4 Å². The van der Waals surface area contributed by atoms with Crippen molar-refractivity contribution >= 4 is 29.3 Å². The van der Waals surface area contributed by atoms with Crippen LogP contribution in [0.15, 0.2) is 24.3 Å². The maximum absolute atomic E-state index is 13.2. The molecule has 0 N–H and O–H groups in total. The van der Waals surface area contributed by atoms with Gasteiger partial charge in [-0.2, -0.15) is 0 Å². The molecule has 1 aromatic carbocycles. The Morgan fingerprint density at radius 2 is 1.61 bits per heavy atom. The van der Waals surface area contributed by atoms with E-state index in [9.17, 15) is 14.4 Å². The Balaban J connectivity index is 2.64. The van der Waals surface area contributed by atoms with E-state index in [1.165, 1.54) is 0 Å². The smallest absolute Gasteiger partial charge is 0.340 e.